The summed E-state index contributed by atoms with van der Waals surface area (Å²) in [7, 11) is -2.33. The fraction of sp³-hybridized carbons (Fsp3) is 0.727. The Kier molecular flexibility index (Phi) is 13.0. The molecule has 0 radical (unpaired) electrons. The number of hydrogen-bond donors (Lipinski definition) is 2. The van der Waals surface area contributed by atoms with Crippen LogP contribution >= 0.6 is 8.60 Å². The summed E-state index contributed by atoms with van der Waals surface area (Å²) in [5.74, 6) is 2.24. The Balaban J connectivity index is 2.56. The topological polar surface area (TPSA) is 49.7 Å². The zero-order chi connectivity index (χ0) is 19.2. The van der Waals surface area contributed by atoms with Crippen molar-refractivity contribution < 1.29 is 14.3 Å². The highest BCUT2D eigenvalue weighted by atomic mass is 31.2. The van der Waals surface area contributed by atoms with Gasteiger partial charge < -0.3 is 14.3 Å². The molecule has 1 rings (SSSR count). The van der Waals surface area contributed by atoms with Gasteiger partial charge in [0.25, 0.3) is 0 Å². The quantitative estimate of drug-likeness (QED) is 0.321. The van der Waals surface area contributed by atoms with Crippen molar-refractivity contribution in [2.75, 3.05) is 0 Å². The van der Waals surface area contributed by atoms with Gasteiger partial charge in [-0.1, -0.05) is 84.3 Å². The molecule has 3 nitrogen and oxygen atoms in total. The lowest BCUT2D eigenvalue weighted by Gasteiger charge is -2.24. The van der Waals surface area contributed by atoms with Crippen molar-refractivity contribution in [2.45, 2.75) is 91.4 Å². The maximum Gasteiger partial charge on any atom is 0.391 e. The second kappa shape index (κ2) is 14.4. The van der Waals surface area contributed by atoms with Gasteiger partial charge in [-0.15, -0.1) is 0 Å². The first-order valence-electron chi connectivity index (χ1n) is 10.5. The Hall–Kier alpha value is -0.630. The van der Waals surface area contributed by atoms with Crippen LogP contribution < -0.4 is 4.52 Å². The van der Waals surface area contributed by atoms with E-state index in [1.807, 2.05) is 24.3 Å². The van der Waals surface area contributed by atoms with Crippen molar-refractivity contribution in [1.29, 1.82) is 0 Å². The average molecular weight is 383 g/mol. The van der Waals surface area contributed by atoms with E-state index >= 15 is 0 Å². The number of aryl methyl sites for hydroxylation is 1. The third kappa shape index (κ3) is 10.5. The van der Waals surface area contributed by atoms with Gasteiger partial charge in [0.1, 0.15) is 5.75 Å². The Bertz CT molecular complexity index is 447. The summed E-state index contributed by atoms with van der Waals surface area (Å²) in [4.78, 5) is 17.8. The molecule has 4 heteroatoms. The Labute approximate surface area is 162 Å². The van der Waals surface area contributed by atoms with Crippen molar-refractivity contribution in [2.24, 2.45) is 11.8 Å². The average Bonchev–Trinajstić information content (AvgIpc) is 2.62. The summed E-state index contributed by atoms with van der Waals surface area (Å²) < 4.78 is 4.94. The molecule has 0 aliphatic carbocycles. The molecule has 0 amide bonds. The molecule has 26 heavy (non-hydrogen) atoms. The molecule has 0 saturated carbocycles. The van der Waals surface area contributed by atoms with Crippen LogP contribution in [-0.4, -0.2) is 9.79 Å². The van der Waals surface area contributed by atoms with Crippen LogP contribution in [0.2, 0.25) is 0 Å². The van der Waals surface area contributed by atoms with Gasteiger partial charge >= 0.3 is 8.60 Å². The van der Waals surface area contributed by atoms with E-state index in [1.54, 1.807) is 0 Å². The van der Waals surface area contributed by atoms with Gasteiger partial charge in [0.05, 0.1) is 0 Å². The molecule has 0 aromatic heterocycles. The van der Waals surface area contributed by atoms with Gasteiger partial charge in [0.2, 0.25) is 0 Å². The standard InChI is InChI=1S/C22H39O3P/c1-4-7-10-20(9-6-3)18-21(11-8-5-2)13-12-19-14-16-22(17-15-19)25-26(23)24/h14-17,20-21,23-24H,4-13,18H2,1-3H3. The Morgan fingerprint density at radius 1 is 0.808 bits per heavy atom. The molecule has 0 heterocycles. The zero-order valence-corrected chi connectivity index (χ0v) is 17.9. The summed E-state index contributed by atoms with van der Waals surface area (Å²) in [6, 6.07) is 7.76. The molecule has 0 fully saturated rings. The summed E-state index contributed by atoms with van der Waals surface area (Å²) in [5.41, 5.74) is 1.31. The first-order chi connectivity index (χ1) is 12.6. The van der Waals surface area contributed by atoms with E-state index in [-0.39, 0.29) is 0 Å². The fourth-order valence-electron chi connectivity index (χ4n) is 3.81. The largest absolute Gasteiger partial charge is 0.427 e. The molecule has 0 spiro atoms. The molecule has 0 aliphatic rings. The van der Waals surface area contributed by atoms with Crippen LogP contribution in [0.3, 0.4) is 0 Å². The maximum atomic E-state index is 8.92. The highest BCUT2D eigenvalue weighted by molar-refractivity contribution is 7.39. The van der Waals surface area contributed by atoms with Gasteiger partial charge in [-0.05, 0) is 48.8 Å². The van der Waals surface area contributed by atoms with Gasteiger partial charge in [-0.2, -0.15) is 0 Å². The highest BCUT2D eigenvalue weighted by Crippen LogP contribution is 2.31. The van der Waals surface area contributed by atoms with E-state index in [1.165, 1.54) is 69.8 Å². The molecule has 0 saturated heterocycles. The molecule has 0 bridgehead atoms. The highest BCUT2D eigenvalue weighted by Gasteiger charge is 2.16. The van der Waals surface area contributed by atoms with Crippen LogP contribution in [0.5, 0.6) is 5.75 Å². The summed E-state index contributed by atoms with van der Waals surface area (Å²) in [5, 5.41) is 0. The smallest absolute Gasteiger partial charge is 0.391 e. The van der Waals surface area contributed by atoms with Crippen molar-refractivity contribution in [3.05, 3.63) is 29.8 Å². The first kappa shape index (κ1) is 23.4. The van der Waals surface area contributed by atoms with Crippen LogP contribution in [-0.2, 0) is 6.42 Å². The molecule has 2 unspecified atom stereocenters. The van der Waals surface area contributed by atoms with Gasteiger partial charge in [-0.25, -0.2) is 0 Å². The van der Waals surface area contributed by atoms with Gasteiger partial charge in [0.15, 0.2) is 0 Å². The van der Waals surface area contributed by atoms with E-state index in [0.717, 1.165) is 18.3 Å². The Morgan fingerprint density at radius 2 is 1.38 bits per heavy atom. The van der Waals surface area contributed by atoms with Gasteiger partial charge in [-0.3, -0.25) is 0 Å². The SMILES string of the molecule is CCCCC(CCC)CC(CCCC)CCc1ccc(OP(O)O)cc1. The lowest BCUT2D eigenvalue weighted by atomic mass is 9.82. The van der Waals surface area contributed by atoms with Gasteiger partial charge in [0, 0.05) is 0 Å². The molecule has 150 valence electrons. The summed E-state index contributed by atoms with van der Waals surface area (Å²) in [6.07, 6.45) is 14.4. The monoisotopic (exact) mass is 382 g/mol. The van der Waals surface area contributed by atoms with Crippen molar-refractivity contribution in [3.8, 4) is 5.75 Å². The molecule has 2 atom stereocenters. The lowest BCUT2D eigenvalue weighted by Crippen LogP contribution is -2.11. The van der Waals surface area contributed by atoms with E-state index in [2.05, 4.69) is 20.8 Å². The van der Waals surface area contributed by atoms with Crippen molar-refractivity contribution in [3.63, 3.8) is 0 Å². The predicted molar refractivity (Wildman–Crippen MR) is 112 cm³/mol. The second-order valence-electron chi connectivity index (χ2n) is 7.57. The minimum Gasteiger partial charge on any atom is -0.427 e. The summed E-state index contributed by atoms with van der Waals surface area (Å²) in [6.45, 7) is 6.89. The molecular weight excluding hydrogens is 343 g/mol. The minimum atomic E-state index is -2.33. The Morgan fingerprint density at radius 3 is 1.88 bits per heavy atom. The van der Waals surface area contributed by atoms with E-state index in [0.29, 0.717) is 5.75 Å². The molecule has 1 aromatic rings. The van der Waals surface area contributed by atoms with Crippen LogP contribution in [0.25, 0.3) is 0 Å². The van der Waals surface area contributed by atoms with Crippen LogP contribution in [0.4, 0.5) is 0 Å². The van der Waals surface area contributed by atoms with E-state index in [9.17, 15) is 0 Å². The lowest BCUT2D eigenvalue weighted by molar-refractivity contribution is 0.296. The maximum absolute atomic E-state index is 8.92. The van der Waals surface area contributed by atoms with E-state index < -0.39 is 8.60 Å². The van der Waals surface area contributed by atoms with Crippen molar-refractivity contribution in [1.82, 2.24) is 0 Å². The fourth-order valence-corrected chi connectivity index (χ4v) is 4.12. The minimum absolute atomic E-state index is 0.523. The summed E-state index contributed by atoms with van der Waals surface area (Å²) >= 11 is 0. The number of rotatable bonds is 15. The van der Waals surface area contributed by atoms with E-state index in [4.69, 9.17) is 14.3 Å². The third-order valence-corrected chi connectivity index (χ3v) is 5.62. The molecular formula is C22H39O3P. The number of hydrogen-bond acceptors (Lipinski definition) is 3. The number of benzene rings is 1. The van der Waals surface area contributed by atoms with Crippen molar-refractivity contribution >= 4 is 8.60 Å². The molecule has 0 aliphatic heterocycles. The predicted octanol–water partition coefficient (Wildman–Crippen LogP) is 7.01. The molecule has 1 aromatic carbocycles. The van der Waals surface area contributed by atoms with Crippen LogP contribution in [0.1, 0.15) is 90.5 Å². The first-order valence-corrected chi connectivity index (χ1v) is 11.7. The van der Waals surface area contributed by atoms with Crippen LogP contribution in [0, 0.1) is 11.8 Å². The molecule has 2 N–H and O–H groups in total. The zero-order valence-electron chi connectivity index (χ0n) is 17.0. The third-order valence-electron chi connectivity index (χ3n) is 5.25. The number of unbranched alkanes of at least 4 members (excludes halogenated alkanes) is 2. The second-order valence-corrected chi connectivity index (χ2v) is 8.26. The van der Waals surface area contributed by atoms with Crippen LogP contribution in [0.15, 0.2) is 24.3 Å². The normalized spacial score (nSPS) is 13.8.